The Morgan fingerprint density at radius 2 is 1.95 bits per heavy atom. The van der Waals surface area contributed by atoms with E-state index in [4.69, 9.17) is 5.73 Å². The van der Waals surface area contributed by atoms with Gasteiger partial charge >= 0.3 is 0 Å². The maximum Gasteiger partial charge on any atom is 0.264 e. The monoisotopic (exact) mass is 334 g/mol. The summed E-state index contributed by atoms with van der Waals surface area (Å²) in [5.74, 6) is 0. The summed E-state index contributed by atoms with van der Waals surface area (Å²) in [6.07, 6.45) is 2.22. The molecule has 0 bridgehead atoms. The lowest BCUT2D eigenvalue weighted by Crippen LogP contribution is -2.15. The largest absolute Gasteiger partial charge is 0.398 e. The number of aromatic nitrogens is 2. The number of nitrogens with one attached hydrogen (secondary N) is 1. The fourth-order valence-electron chi connectivity index (χ4n) is 1.38. The fraction of sp³-hybridized carbons (Fsp3) is 0.111. The molecule has 0 saturated heterocycles. The molecule has 11 heteroatoms. The van der Waals surface area contributed by atoms with Crippen LogP contribution in [0.25, 0.3) is 0 Å². The first-order valence-corrected chi connectivity index (χ1v) is 9.25. The van der Waals surface area contributed by atoms with E-state index in [1.54, 1.807) is 0 Å². The predicted octanol–water partition coefficient (Wildman–Crippen LogP) is 0.325. The SMILES string of the molecule is CS(=O)(=O)c1ccc(N)c(S(=O)(=O)Nc2cnns2)c1. The normalized spacial score (nSPS) is 12.2. The second-order valence-electron chi connectivity index (χ2n) is 3.86. The van der Waals surface area contributed by atoms with Crippen LogP contribution in [0, 0.1) is 0 Å². The number of anilines is 2. The molecule has 0 spiro atoms. The summed E-state index contributed by atoms with van der Waals surface area (Å²) in [4.78, 5) is -0.441. The van der Waals surface area contributed by atoms with Crippen molar-refractivity contribution in [2.24, 2.45) is 0 Å². The molecular weight excluding hydrogens is 324 g/mol. The first-order chi connectivity index (χ1) is 9.20. The van der Waals surface area contributed by atoms with Crippen molar-refractivity contribution < 1.29 is 16.8 Å². The molecule has 0 atom stereocenters. The highest BCUT2D eigenvalue weighted by Crippen LogP contribution is 2.25. The first-order valence-electron chi connectivity index (χ1n) is 5.10. The van der Waals surface area contributed by atoms with Crippen molar-refractivity contribution in [2.45, 2.75) is 9.79 Å². The lowest BCUT2D eigenvalue weighted by Gasteiger charge is -2.09. The third kappa shape index (κ3) is 3.05. The Morgan fingerprint density at radius 3 is 2.50 bits per heavy atom. The molecule has 0 saturated carbocycles. The number of sulfonamides is 1. The van der Waals surface area contributed by atoms with E-state index in [0.717, 1.165) is 23.9 Å². The van der Waals surface area contributed by atoms with Crippen LogP contribution < -0.4 is 10.5 Å². The van der Waals surface area contributed by atoms with Crippen LogP contribution in [-0.4, -0.2) is 32.7 Å². The second-order valence-corrected chi connectivity index (χ2v) is 8.31. The highest BCUT2D eigenvalue weighted by molar-refractivity contribution is 7.93. The van der Waals surface area contributed by atoms with Crippen molar-refractivity contribution in [3.05, 3.63) is 24.4 Å². The number of nitrogens with two attached hydrogens (primary N) is 1. The van der Waals surface area contributed by atoms with Crippen LogP contribution in [-0.2, 0) is 19.9 Å². The molecule has 20 heavy (non-hydrogen) atoms. The minimum Gasteiger partial charge on any atom is -0.398 e. The molecule has 2 aromatic rings. The van der Waals surface area contributed by atoms with Crippen LogP contribution in [0.1, 0.15) is 0 Å². The van der Waals surface area contributed by atoms with Crippen LogP contribution in [0.4, 0.5) is 10.7 Å². The maximum absolute atomic E-state index is 12.2. The summed E-state index contributed by atoms with van der Waals surface area (Å²) in [6, 6.07) is 3.50. The van der Waals surface area contributed by atoms with Crippen LogP contribution in [0.15, 0.2) is 34.2 Å². The summed E-state index contributed by atoms with van der Waals surface area (Å²) in [5, 5.41) is 3.70. The van der Waals surface area contributed by atoms with Gasteiger partial charge in [-0.3, -0.25) is 4.72 Å². The van der Waals surface area contributed by atoms with Crippen LogP contribution in [0.5, 0.6) is 0 Å². The Hall–Kier alpha value is -1.72. The van der Waals surface area contributed by atoms with Gasteiger partial charge in [0.25, 0.3) is 10.0 Å². The molecule has 8 nitrogen and oxygen atoms in total. The van der Waals surface area contributed by atoms with Crippen molar-refractivity contribution in [1.82, 2.24) is 9.59 Å². The van der Waals surface area contributed by atoms with Gasteiger partial charge in [-0.1, -0.05) is 4.49 Å². The van der Waals surface area contributed by atoms with Crippen molar-refractivity contribution in [2.75, 3.05) is 16.7 Å². The lowest BCUT2D eigenvalue weighted by atomic mass is 10.3. The van der Waals surface area contributed by atoms with Gasteiger partial charge in [0.05, 0.1) is 16.8 Å². The Morgan fingerprint density at radius 1 is 1.25 bits per heavy atom. The standard InChI is InChI=1S/C9H10N4O4S3/c1-19(14,15)6-2-3-7(10)8(4-6)20(16,17)12-9-5-11-13-18-9/h2-5,12H,10H2,1H3. The first kappa shape index (κ1) is 14.7. The minimum atomic E-state index is -4.01. The van der Waals surface area contributed by atoms with Crippen molar-refractivity contribution in [3.63, 3.8) is 0 Å². The zero-order valence-electron chi connectivity index (χ0n) is 10.1. The third-order valence-electron chi connectivity index (χ3n) is 2.30. The van der Waals surface area contributed by atoms with E-state index in [1.165, 1.54) is 18.3 Å². The van der Waals surface area contributed by atoms with Crippen molar-refractivity contribution in [1.29, 1.82) is 0 Å². The molecule has 1 aromatic carbocycles. The Kier molecular flexibility index (Phi) is 3.67. The molecule has 108 valence electrons. The topological polar surface area (TPSA) is 132 Å². The van der Waals surface area contributed by atoms with Crippen LogP contribution in [0.3, 0.4) is 0 Å². The molecule has 0 radical (unpaired) electrons. The summed E-state index contributed by atoms with van der Waals surface area (Å²) < 4.78 is 53.0. The van der Waals surface area contributed by atoms with Gasteiger partial charge in [0, 0.05) is 17.8 Å². The van der Waals surface area contributed by atoms with Gasteiger partial charge in [-0.25, -0.2) is 16.8 Å². The molecule has 3 N–H and O–H groups in total. The molecule has 0 fully saturated rings. The Balaban J connectivity index is 2.51. The van der Waals surface area contributed by atoms with E-state index in [-0.39, 0.29) is 20.5 Å². The number of hydrogen-bond acceptors (Lipinski definition) is 8. The molecule has 0 aliphatic heterocycles. The fourth-order valence-corrected chi connectivity index (χ4v) is 3.94. The van der Waals surface area contributed by atoms with E-state index < -0.39 is 19.9 Å². The summed E-state index contributed by atoms with van der Waals surface area (Å²) in [6.45, 7) is 0. The summed E-state index contributed by atoms with van der Waals surface area (Å²) in [5.41, 5.74) is 5.55. The maximum atomic E-state index is 12.2. The van der Waals surface area contributed by atoms with Gasteiger partial charge in [0.2, 0.25) is 0 Å². The van der Waals surface area contributed by atoms with Gasteiger partial charge in [0.15, 0.2) is 9.84 Å². The van der Waals surface area contributed by atoms with Gasteiger partial charge in [-0.2, -0.15) is 0 Å². The zero-order valence-corrected chi connectivity index (χ0v) is 12.6. The van der Waals surface area contributed by atoms with Gasteiger partial charge in [0.1, 0.15) is 9.90 Å². The van der Waals surface area contributed by atoms with Crippen molar-refractivity contribution >= 4 is 42.1 Å². The van der Waals surface area contributed by atoms with Crippen LogP contribution >= 0.6 is 11.5 Å². The average molecular weight is 334 g/mol. The minimum absolute atomic E-state index is 0.0534. The summed E-state index contributed by atoms with van der Waals surface area (Å²) >= 11 is 0.850. The van der Waals surface area contributed by atoms with E-state index in [2.05, 4.69) is 14.3 Å². The van der Waals surface area contributed by atoms with E-state index in [9.17, 15) is 16.8 Å². The molecule has 0 amide bonds. The van der Waals surface area contributed by atoms with Gasteiger partial charge < -0.3 is 5.73 Å². The highest BCUT2D eigenvalue weighted by Gasteiger charge is 2.21. The zero-order chi connectivity index (χ0) is 15.0. The number of hydrogen-bond donors (Lipinski definition) is 2. The Labute approximate surface area is 119 Å². The number of nitrogen functional groups attached to an aromatic ring is 1. The molecule has 2 rings (SSSR count). The molecule has 1 aromatic heterocycles. The second kappa shape index (κ2) is 5.00. The average Bonchev–Trinajstić information content (AvgIpc) is 2.79. The quantitative estimate of drug-likeness (QED) is 0.770. The predicted molar refractivity (Wildman–Crippen MR) is 74.7 cm³/mol. The highest BCUT2D eigenvalue weighted by atomic mass is 32.2. The van der Waals surface area contributed by atoms with E-state index in [0.29, 0.717) is 0 Å². The van der Waals surface area contributed by atoms with Crippen LogP contribution in [0.2, 0.25) is 0 Å². The van der Waals surface area contributed by atoms with E-state index in [1.807, 2.05) is 0 Å². The summed E-state index contributed by atoms with van der Waals surface area (Å²) in [7, 11) is -7.54. The lowest BCUT2D eigenvalue weighted by molar-refractivity contribution is 0.600. The number of sulfone groups is 1. The van der Waals surface area contributed by atoms with Gasteiger partial charge in [-0.05, 0) is 18.2 Å². The third-order valence-corrected chi connectivity index (χ3v) is 5.54. The smallest absolute Gasteiger partial charge is 0.264 e. The molecule has 0 aliphatic rings. The van der Waals surface area contributed by atoms with Gasteiger partial charge in [-0.15, -0.1) is 5.10 Å². The Bertz CT molecular complexity index is 828. The molecular formula is C9H10N4O4S3. The number of nitrogens with zero attached hydrogens (tertiary/aromatic N) is 2. The molecule has 0 aliphatic carbocycles. The molecule has 1 heterocycles. The number of rotatable bonds is 4. The van der Waals surface area contributed by atoms with Crippen molar-refractivity contribution in [3.8, 4) is 0 Å². The van der Waals surface area contributed by atoms with E-state index >= 15 is 0 Å². The molecule has 0 unspecified atom stereocenters. The number of benzene rings is 1.